The Morgan fingerprint density at radius 1 is 1.35 bits per heavy atom. The summed E-state index contributed by atoms with van der Waals surface area (Å²) in [5.41, 5.74) is 3.30. The Morgan fingerprint density at radius 2 is 2.15 bits per heavy atom. The minimum atomic E-state index is -0.491. The van der Waals surface area contributed by atoms with E-state index in [2.05, 4.69) is 20.7 Å². The van der Waals surface area contributed by atoms with Crippen LogP contribution in [0.3, 0.4) is 0 Å². The third-order valence-electron chi connectivity index (χ3n) is 2.61. The fourth-order valence-electron chi connectivity index (χ4n) is 1.67. The average molecular weight is 274 g/mol. The van der Waals surface area contributed by atoms with Crippen LogP contribution in [0.15, 0.2) is 36.7 Å². The van der Waals surface area contributed by atoms with Crippen LogP contribution in [-0.2, 0) is 6.42 Å². The van der Waals surface area contributed by atoms with Gasteiger partial charge in [-0.2, -0.15) is 0 Å². The van der Waals surface area contributed by atoms with Crippen LogP contribution < -0.4 is 16.6 Å². The van der Waals surface area contributed by atoms with Gasteiger partial charge in [-0.3, -0.25) is 15.1 Å². The molecule has 2 aromatic heterocycles. The van der Waals surface area contributed by atoms with Gasteiger partial charge >= 0.3 is 0 Å². The molecule has 0 radical (unpaired) electrons. The van der Waals surface area contributed by atoms with Crippen LogP contribution in [0.2, 0.25) is 0 Å². The number of pyridine rings is 2. The van der Waals surface area contributed by atoms with Crippen molar-refractivity contribution in [3.8, 4) is 0 Å². The summed E-state index contributed by atoms with van der Waals surface area (Å²) >= 11 is 0. The van der Waals surface area contributed by atoms with Crippen molar-refractivity contribution in [1.29, 1.82) is 0 Å². The fraction of sp³-hybridized carbons (Fsp3) is 0.167. The van der Waals surface area contributed by atoms with Crippen molar-refractivity contribution in [1.82, 2.24) is 9.97 Å². The third kappa shape index (κ3) is 3.62. The van der Waals surface area contributed by atoms with Crippen LogP contribution in [0.5, 0.6) is 0 Å². The number of aromatic nitrogens is 2. The number of rotatable bonds is 6. The van der Waals surface area contributed by atoms with Gasteiger partial charge in [0.2, 0.25) is 0 Å². The molecule has 0 aromatic carbocycles. The van der Waals surface area contributed by atoms with Gasteiger partial charge in [0.1, 0.15) is 11.6 Å². The number of nitrogens with one attached hydrogen (secondary N) is 2. The molecule has 2 heterocycles. The molecule has 20 heavy (non-hydrogen) atoms. The van der Waals surface area contributed by atoms with Crippen LogP contribution >= 0.6 is 0 Å². The highest BCUT2D eigenvalue weighted by Gasteiger charge is 2.10. The summed E-state index contributed by atoms with van der Waals surface area (Å²) in [7, 11) is 0. The van der Waals surface area contributed by atoms with Crippen LogP contribution in [0.1, 0.15) is 5.56 Å². The van der Waals surface area contributed by atoms with Gasteiger partial charge in [-0.15, -0.1) is 0 Å². The Hall–Kier alpha value is -2.74. The molecule has 0 aliphatic carbocycles. The van der Waals surface area contributed by atoms with Crippen molar-refractivity contribution in [2.24, 2.45) is 5.84 Å². The first-order chi connectivity index (χ1) is 9.69. The van der Waals surface area contributed by atoms with Crippen molar-refractivity contribution in [3.63, 3.8) is 0 Å². The molecule has 2 rings (SSSR count). The number of hydrazine groups is 1. The zero-order valence-corrected chi connectivity index (χ0v) is 10.6. The summed E-state index contributed by atoms with van der Waals surface area (Å²) < 4.78 is 0. The fourth-order valence-corrected chi connectivity index (χ4v) is 1.67. The first-order valence-electron chi connectivity index (χ1n) is 5.95. The van der Waals surface area contributed by atoms with Crippen molar-refractivity contribution >= 4 is 17.3 Å². The van der Waals surface area contributed by atoms with Gasteiger partial charge in [0.15, 0.2) is 0 Å². The Labute approximate surface area is 115 Å². The standard InChI is InChI=1S/C12H14N6O2/c13-17-12-7-10(18(19)20)6-11(16-12)15-5-3-9-2-1-4-14-8-9/h1-2,4,6-8H,3,5,13H2,(H2,15,16,17). The van der Waals surface area contributed by atoms with E-state index in [0.717, 1.165) is 12.0 Å². The molecule has 0 unspecified atom stereocenters. The Bertz CT molecular complexity index is 590. The zero-order chi connectivity index (χ0) is 14.4. The number of anilines is 2. The SMILES string of the molecule is NNc1cc([N+](=O)[O-])cc(NCCc2cccnc2)n1. The monoisotopic (exact) mass is 274 g/mol. The molecular formula is C12H14N6O2. The molecule has 0 saturated heterocycles. The van der Waals surface area contributed by atoms with Gasteiger partial charge in [-0.1, -0.05) is 6.07 Å². The van der Waals surface area contributed by atoms with Crippen molar-refractivity contribution < 1.29 is 4.92 Å². The lowest BCUT2D eigenvalue weighted by atomic mass is 10.2. The second-order valence-corrected chi connectivity index (χ2v) is 4.04. The summed E-state index contributed by atoms with van der Waals surface area (Å²) in [6.07, 6.45) is 4.22. The minimum absolute atomic E-state index is 0.0724. The van der Waals surface area contributed by atoms with Crippen LogP contribution in [0.25, 0.3) is 0 Å². The lowest BCUT2D eigenvalue weighted by Crippen LogP contribution is -2.12. The Kier molecular flexibility index (Phi) is 4.40. The molecular weight excluding hydrogens is 260 g/mol. The molecule has 0 aliphatic rings. The normalized spacial score (nSPS) is 10.1. The number of nitrogen functional groups attached to an aromatic ring is 1. The minimum Gasteiger partial charge on any atom is -0.369 e. The van der Waals surface area contributed by atoms with Crippen LogP contribution in [-0.4, -0.2) is 21.4 Å². The van der Waals surface area contributed by atoms with E-state index in [-0.39, 0.29) is 11.5 Å². The summed E-state index contributed by atoms with van der Waals surface area (Å²) in [5.74, 6) is 5.87. The van der Waals surface area contributed by atoms with E-state index >= 15 is 0 Å². The van der Waals surface area contributed by atoms with E-state index in [0.29, 0.717) is 12.4 Å². The number of hydrogen-bond donors (Lipinski definition) is 3. The van der Waals surface area contributed by atoms with Gasteiger partial charge in [0, 0.05) is 18.9 Å². The zero-order valence-electron chi connectivity index (χ0n) is 10.6. The first-order valence-corrected chi connectivity index (χ1v) is 5.95. The van der Waals surface area contributed by atoms with Gasteiger partial charge in [0.05, 0.1) is 17.1 Å². The maximum atomic E-state index is 10.8. The highest BCUT2D eigenvalue weighted by Crippen LogP contribution is 2.19. The highest BCUT2D eigenvalue weighted by atomic mass is 16.6. The van der Waals surface area contributed by atoms with E-state index in [1.165, 1.54) is 12.1 Å². The van der Waals surface area contributed by atoms with Gasteiger partial charge < -0.3 is 10.7 Å². The number of nitro groups is 1. The molecule has 0 amide bonds. The summed E-state index contributed by atoms with van der Waals surface area (Å²) in [5, 5.41) is 13.8. The van der Waals surface area contributed by atoms with Crippen molar-refractivity contribution in [2.75, 3.05) is 17.3 Å². The maximum Gasteiger partial charge on any atom is 0.276 e. The molecule has 0 saturated carbocycles. The topological polar surface area (TPSA) is 119 Å². The second-order valence-electron chi connectivity index (χ2n) is 4.04. The van der Waals surface area contributed by atoms with E-state index in [1.54, 1.807) is 12.4 Å². The smallest absolute Gasteiger partial charge is 0.276 e. The van der Waals surface area contributed by atoms with Crippen LogP contribution in [0, 0.1) is 10.1 Å². The van der Waals surface area contributed by atoms with Crippen LogP contribution in [0.4, 0.5) is 17.3 Å². The Balaban J connectivity index is 2.02. The maximum absolute atomic E-state index is 10.8. The predicted octanol–water partition coefficient (Wildman–Crippen LogP) is 1.33. The molecule has 0 fully saturated rings. The summed E-state index contributed by atoms with van der Waals surface area (Å²) in [4.78, 5) is 18.4. The summed E-state index contributed by atoms with van der Waals surface area (Å²) in [6.45, 7) is 0.587. The largest absolute Gasteiger partial charge is 0.369 e. The van der Waals surface area contributed by atoms with Gasteiger partial charge in [-0.05, 0) is 18.1 Å². The lowest BCUT2D eigenvalue weighted by Gasteiger charge is -2.07. The third-order valence-corrected chi connectivity index (χ3v) is 2.61. The second kappa shape index (κ2) is 6.43. The molecule has 0 bridgehead atoms. The van der Waals surface area contributed by atoms with E-state index in [1.807, 2.05) is 12.1 Å². The van der Waals surface area contributed by atoms with Gasteiger partial charge in [0.25, 0.3) is 5.69 Å². The van der Waals surface area contributed by atoms with Gasteiger partial charge in [-0.25, -0.2) is 10.8 Å². The molecule has 104 valence electrons. The lowest BCUT2D eigenvalue weighted by molar-refractivity contribution is -0.384. The van der Waals surface area contributed by atoms with E-state index in [9.17, 15) is 10.1 Å². The molecule has 8 nitrogen and oxygen atoms in total. The number of nitrogens with zero attached hydrogens (tertiary/aromatic N) is 3. The molecule has 0 atom stereocenters. The average Bonchev–Trinajstić information content (AvgIpc) is 2.48. The first kappa shape index (κ1) is 13.7. The molecule has 2 aromatic rings. The molecule has 8 heteroatoms. The van der Waals surface area contributed by atoms with Crippen molar-refractivity contribution in [3.05, 3.63) is 52.3 Å². The highest BCUT2D eigenvalue weighted by molar-refractivity contribution is 5.54. The predicted molar refractivity (Wildman–Crippen MR) is 75.1 cm³/mol. The Morgan fingerprint density at radius 3 is 2.80 bits per heavy atom. The molecule has 0 aliphatic heterocycles. The quantitative estimate of drug-likeness (QED) is 0.413. The van der Waals surface area contributed by atoms with E-state index in [4.69, 9.17) is 5.84 Å². The van der Waals surface area contributed by atoms with E-state index < -0.39 is 4.92 Å². The van der Waals surface area contributed by atoms with Crippen molar-refractivity contribution in [2.45, 2.75) is 6.42 Å². The summed E-state index contributed by atoms with van der Waals surface area (Å²) in [6, 6.07) is 6.45. The number of nitrogens with two attached hydrogens (primary N) is 1. The molecule has 0 spiro atoms. The number of hydrogen-bond acceptors (Lipinski definition) is 7. The molecule has 4 N–H and O–H groups in total.